The fourth-order valence-electron chi connectivity index (χ4n) is 6.19. The highest BCUT2D eigenvalue weighted by molar-refractivity contribution is 7.81. The zero-order valence-corrected chi connectivity index (χ0v) is 20.4. The van der Waals surface area contributed by atoms with E-state index in [0.29, 0.717) is 5.69 Å². The summed E-state index contributed by atoms with van der Waals surface area (Å²) < 4.78 is 12.6. The summed E-state index contributed by atoms with van der Waals surface area (Å²) in [6.45, 7) is 0. The highest BCUT2D eigenvalue weighted by Gasteiger charge is 2.51. The van der Waals surface area contributed by atoms with E-state index in [1.807, 2.05) is 72.8 Å². The van der Waals surface area contributed by atoms with Gasteiger partial charge in [0.2, 0.25) is 0 Å². The Hall–Kier alpha value is -4.21. The number of rotatable bonds is 1. The van der Waals surface area contributed by atoms with Crippen molar-refractivity contribution in [3.05, 3.63) is 114 Å². The number of ether oxygens (including phenoxy) is 2. The number of hydrogen-bond acceptors (Lipinski definition) is 3. The minimum absolute atomic E-state index is 0.664. The largest absolute Gasteiger partial charge is 0.616 e. The van der Waals surface area contributed by atoms with Gasteiger partial charge in [0, 0.05) is 43.0 Å². The van der Waals surface area contributed by atoms with E-state index in [0.717, 1.165) is 71.8 Å². The van der Waals surface area contributed by atoms with Crippen LogP contribution >= 0.6 is 7.92 Å². The van der Waals surface area contributed by atoms with E-state index in [4.69, 9.17) is 9.47 Å². The SMILES string of the molecule is [O-][N+]1(c2ccccc2)c2cc3ccccc3c3c2P2c4c(cccc4Oc4c2c1cc1ccccc41)O3. The third kappa shape index (κ3) is 2.34. The maximum absolute atomic E-state index is 15.6. The molecule has 0 amide bonds. The van der Waals surface area contributed by atoms with Crippen LogP contribution in [-0.4, -0.2) is 0 Å². The number of quaternary nitrogens is 1. The predicted molar refractivity (Wildman–Crippen MR) is 151 cm³/mol. The lowest BCUT2D eigenvalue weighted by Gasteiger charge is -2.50. The average molecular weight is 495 g/mol. The maximum atomic E-state index is 15.6. The molecular weight excluding hydrogens is 477 g/mol. The van der Waals surface area contributed by atoms with Crippen molar-refractivity contribution < 1.29 is 9.47 Å². The summed E-state index contributed by atoms with van der Waals surface area (Å²) in [5.41, 5.74) is 2.11. The van der Waals surface area contributed by atoms with Crippen LogP contribution in [0.3, 0.4) is 0 Å². The minimum Gasteiger partial charge on any atom is -0.616 e. The van der Waals surface area contributed by atoms with Gasteiger partial charge in [0.1, 0.15) is 28.7 Å². The second-order valence-electron chi connectivity index (χ2n) is 9.68. The summed E-state index contributed by atoms with van der Waals surface area (Å²) in [6.07, 6.45) is 0. The molecule has 0 bridgehead atoms. The molecule has 0 aliphatic carbocycles. The molecule has 3 aliphatic heterocycles. The van der Waals surface area contributed by atoms with Crippen molar-refractivity contribution in [2.45, 2.75) is 0 Å². The smallest absolute Gasteiger partial charge is 0.155 e. The van der Waals surface area contributed by atoms with Crippen molar-refractivity contribution in [1.29, 1.82) is 0 Å². The highest BCUT2D eigenvalue weighted by atomic mass is 31.1. The van der Waals surface area contributed by atoms with Gasteiger partial charge in [-0.3, -0.25) is 4.65 Å². The molecule has 0 spiro atoms. The van der Waals surface area contributed by atoms with Crippen LogP contribution in [-0.2, 0) is 0 Å². The predicted octanol–water partition coefficient (Wildman–Crippen LogP) is 7.74. The van der Waals surface area contributed by atoms with Crippen molar-refractivity contribution in [3.63, 3.8) is 0 Å². The lowest BCUT2D eigenvalue weighted by Crippen LogP contribution is -2.47. The first-order valence-electron chi connectivity index (χ1n) is 12.3. The molecule has 174 valence electrons. The number of fused-ring (bicyclic) bond motifs is 4. The van der Waals surface area contributed by atoms with E-state index in [1.54, 1.807) is 0 Å². The second kappa shape index (κ2) is 6.76. The molecule has 3 aliphatic rings. The lowest BCUT2D eigenvalue weighted by atomic mass is 10.0. The molecule has 4 nitrogen and oxygen atoms in total. The van der Waals surface area contributed by atoms with Crippen molar-refractivity contribution in [3.8, 4) is 23.0 Å². The van der Waals surface area contributed by atoms with Gasteiger partial charge in [-0.25, -0.2) is 0 Å². The minimum atomic E-state index is -1.06. The Kier molecular flexibility index (Phi) is 3.64. The number of hydrogen-bond donors (Lipinski definition) is 0. The van der Waals surface area contributed by atoms with Crippen molar-refractivity contribution >= 4 is 62.4 Å². The molecule has 0 radical (unpaired) electrons. The van der Waals surface area contributed by atoms with Crippen molar-refractivity contribution in [2.24, 2.45) is 0 Å². The van der Waals surface area contributed by atoms with Gasteiger partial charge in [0.05, 0.1) is 15.9 Å². The van der Waals surface area contributed by atoms with Crippen LogP contribution in [0.2, 0.25) is 0 Å². The van der Waals surface area contributed by atoms with Crippen LogP contribution in [0, 0.1) is 5.21 Å². The summed E-state index contributed by atoms with van der Waals surface area (Å²) in [7, 11) is -1.06. The molecule has 6 aromatic rings. The molecule has 0 fully saturated rings. The van der Waals surface area contributed by atoms with Crippen LogP contribution in [0.5, 0.6) is 23.0 Å². The fourth-order valence-corrected chi connectivity index (χ4v) is 9.15. The Balaban J connectivity index is 1.54. The molecule has 0 unspecified atom stereocenters. The maximum Gasteiger partial charge on any atom is 0.155 e. The van der Waals surface area contributed by atoms with E-state index in [-0.39, 0.29) is 0 Å². The van der Waals surface area contributed by atoms with Gasteiger partial charge in [-0.05, 0) is 22.9 Å². The molecule has 6 aromatic carbocycles. The zero-order valence-electron chi connectivity index (χ0n) is 19.5. The Morgan fingerprint density at radius 1 is 0.541 bits per heavy atom. The average Bonchev–Trinajstić information content (AvgIpc) is 2.96. The van der Waals surface area contributed by atoms with Gasteiger partial charge >= 0.3 is 0 Å². The molecule has 9 rings (SSSR count). The summed E-state index contributed by atoms with van der Waals surface area (Å²) in [5, 5.41) is 22.7. The summed E-state index contributed by atoms with van der Waals surface area (Å²) in [6, 6.07) is 36.3. The molecule has 0 saturated heterocycles. The summed E-state index contributed by atoms with van der Waals surface area (Å²) in [5.74, 6) is 3.22. The third-order valence-corrected chi connectivity index (χ3v) is 10.4. The third-order valence-electron chi connectivity index (χ3n) is 7.77. The molecular formula is C32H18NO3P. The van der Waals surface area contributed by atoms with Crippen LogP contribution in [0.25, 0.3) is 21.5 Å². The van der Waals surface area contributed by atoms with Crippen molar-refractivity contribution in [2.75, 3.05) is 0 Å². The lowest BCUT2D eigenvalue weighted by molar-refractivity contribution is 0.469. The van der Waals surface area contributed by atoms with Crippen molar-refractivity contribution in [1.82, 2.24) is 4.65 Å². The molecule has 0 N–H and O–H groups in total. The molecule has 0 saturated carbocycles. The van der Waals surface area contributed by atoms with Gasteiger partial charge < -0.3 is 14.7 Å². The van der Waals surface area contributed by atoms with Gasteiger partial charge in [-0.15, -0.1) is 0 Å². The highest BCUT2D eigenvalue weighted by Crippen LogP contribution is 2.64. The topological polar surface area (TPSA) is 41.5 Å². The molecule has 5 heteroatoms. The Morgan fingerprint density at radius 2 is 1.05 bits per heavy atom. The van der Waals surface area contributed by atoms with Crippen LogP contribution in [0.1, 0.15) is 0 Å². The molecule has 37 heavy (non-hydrogen) atoms. The van der Waals surface area contributed by atoms with Crippen LogP contribution in [0.4, 0.5) is 17.1 Å². The molecule has 0 aromatic heterocycles. The van der Waals surface area contributed by atoms with Gasteiger partial charge in [0.25, 0.3) is 0 Å². The quantitative estimate of drug-likeness (QED) is 0.133. The van der Waals surface area contributed by atoms with Gasteiger partial charge in [0.15, 0.2) is 11.4 Å². The first kappa shape index (κ1) is 19.9. The Bertz CT molecular complexity index is 1850. The Labute approximate surface area is 213 Å². The second-order valence-corrected chi connectivity index (χ2v) is 11.7. The molecule has 3 heterocycles. The number of para-hydroxylation sites is 1. The van der Waals surface area contributed by atoms with Crippen LogP contribution in [0.15, 0.2) is 109 Å². The van der Waals surface area contributed by atoms with Gasteiger partial charge in [-0.1, -0.05) is 72.8 Å². The normalized spacial score (nSPS) is 19.8. The van der Waals surface area contributed by atoms with E-state index in [1.165, 1.54) is 0 Å². The Morgan fingerprint density at radius 3 is 1.62 bits per heavy atom. The standard InChI is InChI=1S/C32H18NO3P/c34-33(21-11-2-1-3-12-21)24-17-19-9-4-6-13-22(19)28-30(24)37-31-25(33)18-20-10-5-7-14-23(20)29(31)36-27-16-8-15-26(35-28)32(27)37/h1-18H. The van der Waals surface area contributed by atoms with E-state index in [2.05, 4.69) is 36.4 Å². The fraction of sp³-hybridized carbons (Fsp3) is 0. The van der Waals surface area contributed by atoms with E-state index < -0.39 is 12.6 Å². The summed E-state index contributed by atoms with van der Waals surface area (Å²) >= 11 is 0. The first-order valence-corrected chi connectivity index (χ1v) is 13.6. The van der Waals surface area contributed by atoms with E-state index in [9.17, 15) is 0 Å². The molecule has 0 atom stereocenters. The monoisotopic (exact) mass is 495 g/mol. The first-order chi connectivity index (χ1) is 18.2. The summed E-state index contributed by atoms with van der Waals surface area (Å²) in [4.78, 5) is 0. The van der Waals surface area contributed by atoms with Gasteiger partial charge in [-0.2, -0.15) is 0 Å². The number of benzene rings is 6. The zero-order chi connectivity index (χ0) is 24.3. The van der Waals surface area contributed by atoms with Crippen LogP contribution < -0.4 is 30.0 Å². The van der Waals surface area contributed by atoms with E-state index >= 15 is 5.21 Å². The number of nitrogens with zero attached hydrogens (tertiary/aromatic N) is 1.